The van der Waals surface area contributed by atoms with Crippen LogP contribution in [0.15, 0.2) is 54.7 Å². The number of nitriles is 1. The van der Waals surface area contributed by atoms with Crippen LogP contribution in [0.3, 0.4) is 0 Å². The van der Waals surface area contributed by atoms with Gasteiger partial charge in [0.2, 0.25) is 0 Å². The Bertz CT molecular complexity index is 1240. The summed E-state index contributed by atoms with van der Waals surface area (Å²) in [6, 6.07) is 15.0. The Hall–Kier alpha value is -4.04. The standard InChI is InChI=1S/C26H27F3N6O2/c1-18-31-17-22(33-18)23(14-19-6-8-20(15-30)9-7-19)34-10-12-35(13-11-34)25(36)32-16-21-4-2-3-5-24(21)37-26(27,28)29/h2-9,17,23H,10-14,16H2,1H3,(H,31,33)(H,32,36). The number of imidazole rings is 1. The lowest BCUT2D eigenvalue weighted by Gasteiger charge is -2.39. The normalized spacial score (nSPS) is 15.2. The molecule has 11 heteroatoms. The Labute approximate surface area is 212 Å². The minimum absolute atomic E-state index is 0.00532. The zero-order chi connectivity index (χ0) is 26.4. The van der Waals surface area contributed by atoms with Crippen LogP contribution < -0.4 is 10.1 Å². The highest BCUT2D eigenvalue weighted by atomic mass is 19.4. The SMILES string of the molecule is Cc1ncc(C(Cc2ccc(C#N)cc2)N2CCN(C(=O)NCc3ccccc3OC(F)(F)F)CC2)[nH]1. The molecular weight excluding hydrogens is 485 g/mol. The van der Waals surface area contributed by atoms with E-state index in [1.165, 1.54) is 18.2 Å². The first-order valence-electron chi connectivity index (χ1n) is 11.8. The summed E-state index contributed by atoms with van der Waals surface area (Å²) in [5.74, 6) is 0.480. The molecule has 2 heterocycles. The molecule has 0 saturated carbocycles. The highest BCUT2D eigenvalue weighted by Gasteiger charge is 2.32. The molecule has 1 fully saturated rings. The zero-order valence-corrected chi connectivity index (χ0v) is 20.3. The second-order valence-electron chi connectivity index (χ2n) is 8.79. The van der Waals surface area contributed by atoms with E-state index < -0.39 is 6.36 Å². The number of halogens is 3. The van der Waals surface area contributed by atoms with Gasteiger partial charge in [0.15, 0.2) is 0 Å². The van der Waals surface area contributed by atoms with E-state index in [0.717, 1.165) is 17.1 Å². The van der Waals surface area contributed by atoms with E-state index in [1.54, 1.807) is 23.1 Å². The van der Waals surface area contributed by atoms with Crippen molar-refractivity contribution in [3.05, 3.63) is 82.9 Å². The van der Waals surface area contributed by atoms with Gasteiger partial charge in [0.25, 0.3) is 0 Å². The third-order valence-corrected chi connectivity index (χ3v) is 6.26. The molecule has 0 spiro atoms. The maximum atomic E-state index is 12.8. The number of aromatic nitrogens is 2. The third kappa shape index (κ3) is 7.01. The molecule has 8 nitrogen and oxygen atoms in total. The van der Waals surface area contributed by atoms with E-state index in [4.69, 9.17) is 5.26 Å². The van der Waals surface area contributed by atoms with Gasteiger partial charge in [-0.1, -0.05) is 30.3 Å². The second-order valence-corrected chi connectivity index (χ2v) is 8.79. The number of aryl methyl sites for hydroxylation is 1. The summed E-state index contributed by atoms with van der Waals surface area (Å²) in [5.41, 5.74) is 2.89. The number of piperazine rings is 1. The Balaban J connectivity index is 1.37. The molecule has 1 aliphatic heterocycles. The molecule has 37 heavy (non-hydrogen) atoms. The van der Waals surface area contributed by atoms with Gasteiger partial charge < -0.3 is 19.9 Å². The Morgan fingerprint density at radius 2 is 1.86 bits per heavy atom. The number of alkyl halides is 3. The van der Waals surface area contributed by atoms with Gasteiger partial charge in [0.1, 0.15) is 11.6 Å². The Kier molecular flexibility index (Phi) is 7.98. The lowest BCUT2D eigenvalue weighted by molar-refractivity contribution is -0.274. The molecule has 2 N–H and O–H groups in total. The van der Waals surface area contributed by atoms with Gasteiger partial charge in [0.05, 0.1) is 23.4 Å². The van der Waals surface area contributed by atoms with Crippen LogP contribution in [0, 0.1) is 18.3 Å². The molecule has 0 aliphatic carbocycles. The smallest absolute Gasteiger partial charge is 0.405 e. The summed E-state index contributed by atoms with van der Waals surface area (Å²) in [6.07, 6.45) is -2.28. The summed E-state index contributed by atoms with van der Waals surface area (Å²) in [5, 5.41) is 11.8. The Morgan fingerprint density at radius 3 is 2.49 bits per heavy atom. The number of carbonyl (C=O) groups is 1. The fraction of sp³-hybridized carbons (Fsp3) is 0.346. The number of H-pyrrole nitrogens is 1. The van der Waals surface area contributed by atoms with Crippen molar-refractivity contribution in [1.29, 1.82) is 5.26 Å². The van der Waals surface area contributed by atoms with Crippen molar-refractivity contribution in [3.63, 3.8) is 0 Å². The van der Waals surface area contributed by atoms with Crippen LogP contribution in [-0.4, -0.2) is 58.3 Å². The predicted octanol–water partition coefficient (Wildman–Crippen LogP) is 4.30. The van der Waals surface area contributed by atoms with Crippen LogP contribution in [0.4, 0.5) is 18.0 Å². The van der Waals surface area contributed by atoms with Crippen molar-refractivity contribution in [2.75, 3.05) is 26.2 Å². The van der Waals surface area contributed by atoms with Crippen LogP contribution >= 0.6 is 0 Å². The lowest BCUT2D eigenvalue weighted by atomic mass is 10.0. The third-order valence-electron chi connectivity index (χ3n) is 6.26. The molecule has 0 bridgehead atoms. The van der Waals surface area contributed by atoms with Gasteiger partial charge in [-0.15, -0.1) is 13.2 Å². The molecule has 194 valence electrons. The molecular formula is C26H27F3N6O2. The monoisotopic (exact) mass is 512 g/mol. The summed E-state index contributed by atoms with van der Waals surface area (Å²) in [6.45, 7) is 3.95. The lowest BCUT2D eigenvalue weighted by Crippen LogP contribution is -2.52. The molecule has 3 aromatic rings. The molecule has 4 rings (SSSR count). The summed E-state index contributed by atoms with van der Waals surface area (Å²) in [7, 11) is 0. The molecule has 0 radical (unpaired) electrons. The number of nitrogens with one attached hydrogen (secondary N) is 2. The molecule has 2 amide bonds. The quantitative estimate of drug-likeness (QED) is 0.492. The van der Waals surface area contributed by atoms with E-state index in [1.807, 2.05) is 25.3 Å². The second kappa shape index (κ2) is 11.3. The highest BCUT2D eigenvalue weighted by Crippen LogP contribution is 2.27. The van der Waals surface area contributed by atoms with Crippen LogP contribution in [0.2, 0.25) is 0 Å². The number of ether oxygens (including phenoxy) is 1. The maximum absolute atomic E-state index is 12.8. The van der Waals surface area contributed by atoms with Crippen molar-refractivity contribution in [2.24, 2.45) is 0 Å². The van der Waals surface area contributed by atoms with Crippen LogP contribution in [-0.2, 0) is 13.0 Å². The van der Waals surface area contributed by atoms with E-state index in [-0.39, 0.29) is 29.9 Å². The van der Waals surface area contributed by atoms with Gasteiger partial charge in [0, 0.05) is 44.5 Å². The number of hydrogen-bond donors (Lipinski definition) is 2. The number of aromatic amines is 1. The van der Waals surface area contributed by atoms with Crippen molar-refractivity contribution in [2.45, 2.75) is 32.3 Å². The van der Waals surface area contributed by atoms with Gasteiger partial charge in [-0.05, 0) is 37.1 Å². The van der Waals surface area contributed by atoms with Gasteiger partial charge >= 0.3 is 12.4 Å². The van der Waals surface area contributed by atoms with Crippen LogP contribution in [0.25, 0.3) is 0 Å². The van der Waals surface area contributed by atoms with Crippen molar-refractivity contribution in [3.8, 4) is 11.8 Å². The van der Waals surface area contributed by atoms with Gasteiger partial charge in [-0.2, -0.15) is 5.26 Å². The topological polar surface area (TPSA) is 97.3 Å². The maximum Gasteiger partial charge on any atom is 0.573 e. The minimum Gasteiger partial charge on any atom is -0.405 e. The Morgan fingerprint density at radius 1 is 1.16 bits per heavy atom. The number of hydrogen-bond acceptors (Lipinski definition) is 5. The van der Waals surface area contributed by atoms with E-state index in [9.17, 15) is 18.0 Å². The number of amides is 2. The molecule has 1 atom stereocenters. The molecule has 1 aromatic heterocycles. The van der Waals surface area contributed by atoms with Crippen molar-refractivity contribution < 1.29 is 22.7 Å². The molecule has 1 unspecified atom stereocenters. The molecule has 1 aliphatic rings. The first-order valence-corrected chi connectivity index (χ1v) is 11.8. The number of benzene rings is 2. The van der Waals surface area contributed by atoms with E-state index in [0.29, 0.717) is 38.2 Å². The average Bonchev–Trinajstić information content (AvgIpc) is 3.32. The van der Waals surface area contributed by atoms with E-state index in [2.05, 4.69) is 31.0 Å². The van der Waals surface area contributed by atoms with Crippen LogP contribution in [0.1, 0.15) is 34.3 Å². The fourth-order valence-electron chi connectivity index (χ4n) is 4.38. The molecule has 2 aromatic carbocycles. The number of para-hydroxylation sites is 1. The highest BCUT2D eigenvalue weighted by molar-refractivity contribution is 5.74. The number of rotatable bonds is 7. The van der Waals surface area contributed by atoms with Gasteiger partial charge in [-0.25, -0.2) is 9.78 Å². The average molecular weight is 513 g/mol. The fourth-order valence-corrected chi connectivity index (χ4v) is 4.38. The minimum atomic E-state index is -4.81. The number of nitrogens with zero attached hydrogens (tertiary/aromatic N) is 4. The van der Waals surface area contributed by atoms with E-state index >= 15 is 0 Å². The van der Waals surface area contributed by atoms with Crippen molar-refractivity contribution in [1.82, 2.24) is 25.1 Å². The predicted molar refractivity (Wildman–Crippen MR) is 129 cm³/mol. The summed E-state index contributed by atoms with van der Waals surface area (Å²) < 4.78 is 42.1. The first kappa shape index (κ1) is 26.0. The number of carbonyl (C=O) groups excluding carboxylic acids is 1. The first-order chi connectivity index (χ1) is 17.7. The summed E-state index contributed by atoms with van der Waals surface area (Å²) >= 11 is 0. The number of urea groups is 1. The van der Waals surface area contributed by atoms with Gasteiger partial charge in [-0.3, -0.25) is 4.90 Å². The van der Waals surface area contributed by atoms with Crippen LogP contribution in [0.5, 0.6) is 5.75 Å². The van der Waals surface area contributed by atoms with Crippen molar-refractivity contribution >= 4 is 6.03 Å². The zero-order valence-electron chi connectivity index (χ0n) is 20.3. The summed E-state index contributed by atoms with van der Waals surface area (Å²) in [4.78, 5) is 24.4. The largest absolute Gasteiger partial charge is 0.573 e. The molecule has 1 saturated heterocycles.